The molecule has 0 fully saturated rings. The Balaban J connectivity index is 1.70. The van der Waals surface area contributed by atoms with Crippen molar-refractivity contribution >= 4 is 17.3 Å². The lowest BCUT2D eigenvalue weighted by atomic mass is 9.84. The lowest BCUT2D eigenvalue weighted by Crippen LogP contribution is -2.41. The van der Waals surface area contributed by atoms with E-state index in [1.165, 1.54) is 5.56 Å². The van der Waals surface area contributed by atoms with Crippen LogP contribution in [-0.2, 0) is 9.53 Å². The molecule has 0 radical (unpaired) electrons. The van der Waals surface area contributed by atoms with Gasteiger partial charge in [-0.2, -0.15) is 0 Å². The Morgan fingerprint density at radius 2 is 1.26 bits per heavy atom. The third kappa shape index (κ3) is 4.69. The Kier molecular flexibility index (Phi) is 6.62. The number of amides is 1. The van der Waals surface area contributed by atoms with E-state index in [0.29, 0.717) is 17.8 Å². The van der Waals surface area contributed by atoms with E-state index >= 15 is 0 Å². The van der Waals surface area contributed by atoms with Gasteiger partial charge in [-0.15, -0.1) is 0 Å². The summed E-state index contributed by atoms with van der Waals surface area (Å²) >= 11 is 0. The fraction of sp³-hybridized carbons (Fsp3) is 0.129. The summed E-state index contributed by atoms with van der Waals surface area (Å²) in [5, 5.41) is 3.10. The van der Waals surface area contributed by atoms with Crippen LogP contribution in [-0.4, -0.2) is 13.0 Å². The number of carbonyl (C=O) groups excluding carboxylic acids is 1. The van der Waals surface area contributed by atoms with Crippen molar-refractivity contribution in [1.82, 2.24) is 0 Å². The molecule has 0 saturated carbocycles. The van der Waals surface area contributed by atoms with E-state index in [1.54, 1.807) is 7.11 Å². The van der Waals surface area contributed by atoms with Crippen molar-refractivity contribution in [2.24, 2.45) is 0 Å². The van der Waals surface area contributed by atoms with Gasteiger partial charge in [-0.3, -0.25) is 4.79 Å². The molecular weight excluding hydrogens is 432 g/mol. The fourth-order valence-corrected chi connectivity index (χ4v) is 4.86. The molecule has 2 atom stereocenters. The molecule has 4 nitrogen and oxygen atoms in total. The summed E-state index contributed by atoms with van der Waals surface area (Å²) in [5.41, 5.74) is 4.64. The average molecular weight is 461 g/mol. The molecule has 1 aliphatic heterocycles. The largest absolute Gasteiger partial charge is 0.500 e. The molecule has 0 saturated heterocycles. The van der Waals surface area contributed by atoms with Gasteiger partial charge < -0.3 is 15.0 Å². The van der Waals surface area contributed by atoms with E-state index in [4.69, 9.17) is 4.74 Å². The van der Waals surface area contributed by atoms with Crippen molar-refractivity contribution in [3.05, 3.63) is 144 Å². The zero-order chi connectivity index (χ0) is 24.0. The molecule has 4 aromatic carbocycles. The number of hydrogen-bond acceptors (Lipinski definition) is 3. The summed E-state index contributed by atoms with van der Waals surface area (Å²) in [7, 11) is 1.66. The number of nitrogens with one attached hydrogen (secondary N) is 1. The van der Waals surface area contributed by atoms with Crippen LogP contribution in [0.25, 0.3) is 0 Å². The number of nitrogens with zero attached hydrogens (tertiary/aromatic N) is 1. The van der Waals surface area contributed by atoms with Crippen molar-refractivity contribution in [1.29, 1.82) is 0 Å². The summed E-state index contributed by atoms with van der Waals surface area (Å²) in [6.07, 6.45) is 0.580. The van der Waals surface area contributed by atoms with E-state index < -0.39 is 0 Å². The summed E-state index contributed by atoms with van der Waals surface area (Å²) in [4.78, 5) is 16.2. The van der Waals surface area contributed by atoms with Crippen LogP contribution in [0, 0.1) is 0 Å². The second-order valence-corrected chi connectivity index (χ2v) is 8.55. The molecular formula is C31H28N2O2. The minimum atomic E-state index is -0.337. The molecule has 5 rings (SSSR count). The van der Waals surface area contributed by atoms with Crippen LogP contribution in [0.15, 0.2) is 133 Å². The number of benzene rings is 4. The first kappa shape index (κ1) is 22.5. The third-order valence-electron chi connectivity index (χ3n) is 6.44. The highest BCUT2D eigenvalue weighted by Gasteiger charge is 2.41. The number of carbonyl (C=O) groups is 1. The molecule has 4 aromatic rings. The number of para-hydroxylation sites is 2. The Bertz CT molecular complexity index is 1290. The van der Waals surface area contributed by atoms with Crippen molar-refractivity contribution in [2.75, 3.05) is 17.3 Å². The molecule has 35 heavy (non-hydrogen) atoms. The minimum absolute atomic E-state index is 0.00738. The zero-order valence-electron chi connectivity index (χ0n) is 19.7. The number of rotatable bonds is 6. The van der Waals surface area contributed by atoms with Crippen LogP contribution in [0.4, 0.5) is 11.4 Å². The van der Waals surface area contributed by atoms with Gasteiger partial charge in [-0.05, 0) is 35.4 Å². The van der Waals surface area contributed by atoms with Crippen LogP contribution in [0.3, 0.4) is 0 Å². The molecule has 1 heterocycles. The number of methoxy groups -OCH3 is 1. The van der Waals surface area contributed by atoms with E-state index in [1.807, 2.05) is 72.8 Å². The van der Waals surface area contributed by atoms with E-state index in [0.717, 1.165) is 16.9 Å². The highest BCUT2D eigenvalue weighted by Crippen LogP contribution is 2.47. The second kappa shape index (κ2) is 10.3. The van der Waals surface area contributed by atoms with Gasteiger partial charge in [0.2, 0.25) is 0 Å². The lowest BCUT2D eigenvalue weighted by molar-refractivity contribution is -0.113. The van der Waals surface area contributed by atoms with Gasteiger partial charge in [0.25, 0.3) is 5.91 Å². The van der Waals surface area contributed by atoms with E-state index in [9.17, 15) is 4.79 Å². The van der Waals surface area contributed by atoms with E-state index in [2.05, 4.69) is 58.7 Å². The molecule has 2 unspecified atom stereocenters. The summed E-state index contributed by atoms with van der Waals surface area (Å²) in [5.74, 6) is 0.544. The first-order valence-electron chi connectivity index (χ1n) is 11.8. The maximum absolute atomic E-state index is 13.9. The van der Waals surface area contributed by atoms with Crippen LogP contribution >= 0.6 is 0 Å². The smallest absolute Gasteiger partial charge is 0.257 e. The minimum Gasteiger partial charge on any atom is -0.500 e. The van der Waals surface area contributed by atoms with Gasteiger partial charge in [-0.25, -0.2) is 0 Å². The molecule has 1 aliphatic rings. The zero-order valence-corrected chi connectivity index (χ0v) is 19.7. The Morgan fingerprint density at radius 1 is 0.743 bits per heavy atom. The average Bonchev–Trinajstić information content (AvgIpc) is 2.93. The van der Waals surface area contributed by atoms with Gasteiger partial charge in [0.1, 0.15) is 5.76 Å². The molecule has 0 bridgehead atoms. The van der Waals surface area contributed by atoms with Gasteiger partial charge in [0.05, 0.1) is 24.8 Å². The standard InChI is InChI=1S/C31H28N2O2/c1-35-28-22-27(23-14-6-2-7-15-23)33(26-20-12-5-13-21-26)30(24-16-8-3-9-17-24)29(28)31(34)32-25-18-10-4-11-19-25/h2-21,27,30H,22H2,1H3,(H,32,34). The van der Waals surface area contributed by atoms with Crippen molar-refractivity contribution in [2.45, 2.75) is 18.5 Å². The normalized spacial score (nSPS) is 17.7. The van der Waals surface area contributed by atoms with Crippen molar-refractivity contribution in [3.8, 4) is 0 Å². The summed E-state index contributed by atoms with van der Waals surface area (Å²) < 4.78 is 5.94. The van der Waals surface area contributed by atoms with Crippen LogP contribution in [0.1, 0.15) is 29.6 Å². The molecule has 0 spiro atoms. The Morgan fingerprint density at radius 3 is 1.83 bits per heavy atom. The second-order valence-electron chi connectivity index (χ2n) is 8.55. The third-order valence-corrected chi connectivity index (χ3v) is 6.44. The Hall–Kier alpha value is -4.31. The van der Waals surface area contributed by atoms with Crippen LogP contribution < -0.4 is 10.2 Å². The maximum Gasteiger partial charge on any atom is 0.257 e. The quantitative estimate of drug-likeness (QED) is 0.340. The highest BCUT2D eigenvalue weighted by molar-refractivity contribution is 6.06. The van der Waals surface area contributed by atoms with E-state index in [-0.39, 0.29) is 18.0 Å². The topological polar surface area (TPSA) is 41.6 Å². The van der Waals surface area contributed by atoms with Gasteiger partial charge >= 0.3 is 0 Å². The van der Waals surface area contributed by atoms with Crippen molar-refractivity contribution < 1.29 is 9.53 Å². The Labute approximate surface area is 206 Å². The maximum atomic E-state index is 13.9. The van der Waals surface area contributed by atoms with Crippen LogP contribution in [0.5, 0.6) is 0 Å². The number of hydrogen-bond donors (Lipinski definition) is 1. The lowest BCUT2D eigenvalue weighted by Gasteiger charge is -2.45. The first-order chi connectivity index (χ1) is 17.3. The summed E-state index contributed by atoms with van der Waals surface area (Å²) in [6.45, 7) is 0. The molecule has 1 amide bonds. The predicted octanol–water partition coefficient (Wildman–Crippen LogP) is 6.92. The molecule has 0 aromatic heterocycles. The fourth-order valence-electron chi connectivity index (χ4n) is 4.86. The number of anilines is 2. The number of ether oxygens (including phenoxy) is 1. The molecule has 0 aliphatic carbocycles. The summed E-state index contributed by atoms with van der Waals surface area (Å²) in [6, 6.07) is 40.2. The molecule has 4 heteroatoms. The first-order valence-corrected chi connectivity index (χ1v) is 11.8. The van der Waals surface area contributed by atoms with Gasteiger partial charge in [-0.1, -0.05) is 97.1 Å². The monoisotopic (exact) mass is 460 g/mol. The molecule has 1 N–H and O–H groups in total. The van der Waals surface area contributed by atoms with Gasteiger partial charge in [0.15, 0.2) is 0 Å². The predicted molar refractivity (Wildman–Crippen MR) is 141 cm³/mol. The van der Waals surface area contributed by atoms with Crippen molar-refractivity contribution in [3.63, 3.8) is 0 Å². The molecule has 174 valence electrons. The van der Waals surface area contributed by atoms with Gasteiger partial charge in [0, 0.05) is 17.8 Å². The highest BCUT2D eigenvalue weighted by atomic mass is 16.5. The SMILES string of the molecule is COC1=C(C(=O)Nc2ccccc2)C(c2ccccc2)N(c2ccccc2)C(c2ccccc2)C1. The van der Waals surface area contributed by atoms with Crippen LogP contribution in [0.2, 0.25) is 0 Å².